The Balaban J connectivity index is 1.92. The van der Waals surface area contributed by atoms with Gasteiger partial charge in [-0.3, -0.25) is 4.79 Å². The third-order valence-corrected chi connectivity index (χ3v) is 4.51. The number of carbonyl (C=O) groups excluding carboxylic acids is 1. The zero-order chi connectivity index (χ0) is 18.0. The number of rotatable bonds is 2. The molecule has 1 saturated heterocycles. The Bertz CT molecular complexity index is 775. The maximum absolute atomic E-state index is 13.2. The summed E-state index contributed by atoms with van der Waals surface area (Å²) in [7, 11) is 0. The van der Waals surface area contributed by atoms with Crippen LogP contribution in [0, 0.1) is 6.92 Å². The topological polar surface area (TPSA) is 91.6 Å². The molecule has 1 fully saturated rings. The molecule has 8 heteroatoms. The third-order valence-electron chi connectivity index (χ3n) is 4.51. The highest BCUT2D eigenvalue weighted by Crippen LogP contribution is 2.21. The van der Waals surface area contributed by atoms with Crippen molar-refractivity contribution < 1.29 is 14.7 Å². The molecule has 132 valence electrons. The summed E-state index contributed by atoms with van der Waals surface area (Å²) >= 11 is 0. The molecule has 1 atom stereocenters. The van der Waals surface area contributed by atoms with E-state index in [4.69, 9.17) is 0 Å². The highest BCUT2D eigenvalue weighted by atomic mass is 16.4. The van der Waals surface area contributed by atoms with E-state index < -0.39 is 6.09 Å². The number of nitrogens with zero attached hydrogens (tertiary/aromatic N) is 5. The predicted molar refractivity (Wildman–Crippen MR) is 90.8 cm³/mol. The lowest BCUT2D eigenvalue weighted by Crippen LogP contribution is -2.40. The summed E-state index contributed by atoms with van der Waals surface area (Å²) in [5.41, 5.74) is 2.10. The Hall–Kier alpha value is -2.90. The van der Waals surface area contributed by atoms with E-state index in [1.807, 2.05) is 32.0 Å². The number of aryl methyl sites for hydroxylation is 1. The fraction of sp³-hybridized carbons (Fsp3) is 0.412. The van der Waals surface area contributed by atoms with Gasteiger partial charge in [-0.05, 0) is 32.4 Å². The normalized spacial score (nSPS) is 18.1. The van der Waals surface area contributed by atoms with Crippen LogP contribution in [-0.2, 0) is 0 Å². The van der Waals surface area contributed by atoms with Gasteiger partial charge >= 0.3 is 6.09 Å². The molecule has 1 aromatic carbocycles. The molecule has 1 aliphatic heterocycles. The van der Waals surface area contributed by atoms with Gasteiger partial charge in [-0.15, -0.1) is 0 Å². The van der Waals surface area contributed by atoms with Gasteiger partial charge in [-0.1, -0.05) is 11.6 Å². The maximum Gasteiger partial charge on any atom is 0.407 e. The molecule has 8 nitrogen and oxygen atoms in total. The average molecular weight is 343 g/mol. The summed E-state index contributed by atoms with van der Waals surface area (Å²) in [5.74, 6) is -0.129. The minimum absolute atomic E-state index is 0.0456. The number of hydrogen-bond donors (Lipinski definition) is 1. The molecule has 0 radical (unpaired) electrons. The van der Waals surface area contributed by atoms with E-state index in [0.29, 0.717) is 37.3 Å². The van der Waals surface area contributed by atoms with Gasteiger partial charge in [0.1, 0.15) is 0 Å². The van der Waals surface area contributed by atoms with E-state index in [1.54, 1.807) is 17.3 Å². The van der Waals surface area contributed by atoms with Crippen molar-refractivity contribution in [3.05, 3.63) is 41.7 Å². The zero-order valence-electron chi connectivity index (χ0n) is 14.3. The van der Waals surface area contributed by atoms with Crippen LogP contribution in [0.2, 0.25) is 0 Å². The van der Waals surface area contributed by atoms with Crippen LogP contribution in [0.5, 0.6) is 0 Å². The standard InChI is InChI=1S/C17H21N5O3/c1-12-3-4-15(22-18-6-7-19-22)14(11-12)16(23)21-10-9-20(17(24)25)8-5-13(21)2/h3-4,6-7,11,13H,5,8-10H2,1-2H3,(H,24,25)/t13-/m1/s1. The molecule has 2 aromatic rings. The first-order valence-electron chi connectivity index (χ1n) is 8.23. The van der Waals surface area contributed by atoms with E-state index in [-0.39, 0.29) is 11.9 Å². The second-order valence-electron chi connectivity index (χ2n) is 6.24. The largest absolute Gasteiger partial charge is 0.465 e. The Morgan fingerprint density at radius 3 is 2.56 bits per heavy atom. The number of carboxylic acid groups (broad SMARTS) is 1. The number of benzene rings is 1. The fourth-order valence-electron chi connectivity index (χ4n) is 3.04. The van der Waals surface area contributed by atoms with Crippen LogP contribution >= 0.6 is 0 Å². The van der Waals surface area contributed by atoms with Crippen LogP contribution < -0.4 is 0 Å². The van der Waals surface area contributed by atoms with Crippen LogP contribution in [0.15, 0.2) is 30.6 Å². The molecule has 0 unspecified atom stereocenters. The second-order valence-corrected chi connectivity index (χ2v) is 6.24. The Kier molecular flexibility index (Phi) is 4.69. The lowest BCUT2D eigenvalue weighted by atomic mass is 10.1. The quantitative estimate of drug-likeness (QED) is 0.897. The summed E-state index contributed by atoms with van der Waals surface area (Å²) in [4.78, 5) is 28.9. The fourth-order valence-corrected chi connectivity index (χ4v) is 3.04. The van der Waals surface area contributed by atoms with Gasteiger partial charge in [0.15, 0.2) is 0 Å². The molecule has 0 saturated carbocycles. The number of amides is 2. The van der Waals surface area contributed by atoms with Gasteiger partial charge in [0.2, 0.25) is 0 Å². The lowest BCUT2D eigenvalue weighted by molar-refractivity contribution is 0.0699. The molecular weight excluding hydrogens is 322 g/mol. The molecule has 2 heterocycles. The third kappa shape index (κ3) is 3.47. The number of aromatic nitrogens is 3. The van der Waals surface area contributed by atoms with E-state index >= 15 is 0 Å². The minimum Gasteiger partial charge on any atom is -0.465 e. The molecule has 1 aliphatic rings. The van der Waals surface area contributed by atoms with Crippen LogP contribution in [0.3, 0.4) is 0 Å². The Labute approximate surface area is 145 Å². The molecule has 2 amide bonds. The summed E-state index contributed by atoms with van der Waals surface area (Å²) in [6.45, 7) is 4.99. The van der Waals surface area contributed by atoms with Crippen molar-refractivity contribution in [1.82, 2.24) is 24.8 Å². The Morgan fingerprint density at radius 1 is 1.16 bits per heavy atom. The van der Waals surface area contributed by atoms with Crippen molar-refractivity contribution in [2.24, 2.45) is 0 Å². The molecule has 1 N–H and O–H groups in total. The maximum atomic E-state index is 13.2. The van der Waals surface area contributed by atoms with Gasteiger partial charge in [0, 0.05) is 25.7 Å². The lowest BCUT2D eigenvalue weighted by Gasteiger charge is -2.27. The SMILES string of the molecule is Cc1ccc(-n2nccn2)c(C(=O)N2CCN(C(=O)O)CC[C@H]2C)c1. The van der Waals surface area contributed by atoms with Crippen LogP contribution in [0.1, 0.15) is 29.3 Å². The first kappa shape index (κ1) is 16.9. The van der Waals surface area contributed by atoms with Crippen LogP contribution in [0.4, 0.5) is 4.79 Å². The molecule has 0 aliphatic carbocycles. The van der Waals surface area contributed by atoms with Crippen molar-refractivity contribution >= 4 is 12.0 Å². The van der Waals surface area contributed by atoms with E-state index in [1.165, 1.54) is 9.70 Å². The molecule has 0 spiro atoms. The summed E-state index contributed by atoms with van der Waals surface area (Å²) in [6, 6.07) is 5.52. The molecule has 25 heavy (non-hydrogen) atoms. The Morgan fingerprint density at radius 2 is 1.88 bits per heavy atom. The first-order valence-corrected chi connectivity index (χ1v) is 8.23. The first-order chi connectivity index (χ1) is 12.0. The van der Waals surface area contributed by atoms with Crippen molar-refractivity contribution in [3.63, 3.8) is 0 Å². The number of hydrogen-bond acceptors (Lipinski definition) is 4. The molecule has 1 aromatic heterocycles. The van der Waals surface area contributed by atoms with Gasteiger partial charge in [0.05, 0.1) is 23.6 Å². The van der Waals surface area contributed by atoms with Crippen molar-refractivity contribution in [1.29, 1.82) is 0 Å². The van der Waals surface area contributed by atoms with E-state index in [2.05, 4.69) is 10.2 Å². The summed E-state index contributed by atoms with van der Waals surface area (Å²) in [5, 5.41) is 17.5. The highest BCUT2D eigenvalue weighted by Gasteiger charge is 2.29. The zero-order valence-corrected chi connectivity index (χ0v) is 14.3. The smallest absolute Gasteiger partial charge is 0.407 e. The van der Waals surface area contributed by atoms with E-state index in [0.717, 1.165) is 5.56 Å². The van der Waals surface area contributed by atoms with Crippen molar-refractivity contribution in [3.8, 4) is 5.69 Å². The van der Waals surface area contributed by atoms with Crippen molar-refractivity contribution in [2.75, 3.05) is 19.6 Å². The average Bonchev–Trinajstić information content (AvgIpc) is 3.04. The van der Waals surface area contributed by atoms with Gasteiger partial charge < -0.3 is 14.9 Å². The van der Waals surface area contributed by atoms with E-state index in [9.17, 15) is 14.7 Å². The van der Waals surface area contributed by atoms with Gasteiger partial charge in [-0.25, -0.2) is 4.79 Å². The summed E-state index contributed by atoms with van der Waals surface area (Å²) in [6.07, 6.45) is 2.79. The highest BCUT2D eigenvalue weighted by molar-refractivity contribution is 5.98. The van der Waals surface area contributed by atoms with Gasteiger partial charge in [0.25, 0.3) is 5.91 Å². The van der Waals surface area contributed by atoms with Crippen LogP contribution in [-0.4, -0.2) is 67.6 Å². The van der Waals surface area contributed by atoms with Gasteiger partial charge in [-0.2, -0.15) is 15.0 Å². The van der Waals surface area contributed by atoms with Crippen LogP contribution in [0.25, 0.3) is 5.69 Å². The minimum atomic E-state index is -0.946. The number of carbonyl (C=O) groups is 2. The molecule has 0 bridgehead atoms. The summed E-state index contributed by atoms with van der Waals surface area (Å²) < 4.78 is 0. The molecular formula is C17H21N5O3. The predicted octanol–water partition coefficient (Wildman–Crippen LogP) is 1.79. The van der Waals surface area contributed by atoms with Crippen molar-refractivity contribution in [2.45, 2.75) is 26.3 Å². The molecule has 3 rings (SSSR count). The monoisotopic (exact) mass is 343 g/mol. The second kappa shape index (κ2) is 6.92.